The van der Waals surface area contributed by atoms with Crippen molar-refractivity contribution in [1.29, 1.82) is 0 Å². The van der Waals surface area contributed by atoms with Crippen LogP contribution in [0.1, 0.15) is 10.4 Å². The first-order valence-corrected chi connectivity index (χ1v) is 6.05. The van der Waals surface area contributed by atoms with E-state index in [-0.39, 0.29) is 23.3 Å². The van der Waals surface area contributed by atoms with E-state index < -0.39 is 0 Å². The van der Waals surface area contributed by atoms with Gasteiger partial charge in [-0.1, -0.05) is 0 Å². The summed E-state index contributed by atoms with van der Waals surface area (Å²) < 4.78 is 0. The first-order chi connectivity index (χ1) is 10.4. The standard InChI is InChI=1S/C6H9N5O.C5H9N5/c1-9-5-3(2-12)4(7)10-6(8)11-5;1-8-4-2-3(6)9-5(7)10-4/h2H,1H3,(H5,7,8,9,10,11);2H,1H3,(H5,6,7,8,9,10). The van der Waals surface area contributed by atoms with E-state index in [4.69, 9.17) is 22.9 Å². The van der Waals surface area contributed by atoms with Crippen molar-refractivity contribution >= 4 is 41.5 Å². The molecule has 0 amide bonds. The Bertz CT molecular complexity index is 639. The molecule has 0 aliphatic heterocycles. The molecule has 22 heavy (non-hydrogen) atoms. The largest absolute Gasteiger partial charge is 0.383 e. The Kier molecular flexibility index (Phi) is 5.63. The average molecular weight is 306 g/mol. The second-order valence-corrected chi connectivity index (χ2v) is 3.88. The van der Waals surface area contributed by atoms with Gasteiger partial charge in [-0.15, -0.1) is 0 Å². The molecule has 0 bridgehead atoms. The predicted molar refractivity (Wildman–Crippen MR) is 86.2 cm³/mol. The van der Waals surface area contributed by atoms with Gasteiger partial charge in [0, 0.05) is 20.2 Å². The molecule has 0 unspecified atom stereocenters. The molecule has 2 rings (SSSR count). The van der Waals surface area contributed by atoms with E-state index in [0.29, 0.717) is 23.7 Å². The van der Waals surface area contributed by atoms with Gasteiger partial charge in [0.05, 0.1) is 5.56 Å². The lowest BCUT2D eigenvalue weighted by atomic mass is 10.3. The summed E-state index contributed by atoms with van der Waals surface area (Å²) in [5.74, 6) is 1.66. The third-order valence-corrected chi connectivity index (χ3v) is 2.37. The van der Waals surface area contributed by atoms with Gasteiger partial charge in [-0.05, 0) is 0 Å². The Morgan fingerprint density at radius 1 is 0.955 bits per heavy atom. The van der Waals surface area contributed by atoms with Gasteiger partial charge in [0.2, 0.25) is 11.9 Å². The van der Waals surface area contributed by atoms with Crippen molar-refractivity contribution in [1.82, 2.24) is 19.9 Å². The SMILES string of the molecule is CNc1cc(N)nc(N)n1.CNc1nc(N)nc(N)c1C=O. The molecule has 2 heterocycles. The Morgan fingerprint density at radius 3 is 2.09 bits per heavy atom. The maximum atomic E-state index is 10.5. The minimum atomic E-state index is 0.0439. The third-order valence-electron chi connectivity index (χ3n) is 2.37. The fourth-order valence-electron chi connectivity index (χ4n) is 1.42. The highest BCUT2D eigenvalue weighted by molar-refractivity contribution is 5.88. The molecule has 2 aromatic rings. The molecular weight excluding hydrogens is 288 g/mol. The zero-order valence-electron chi connectivity index (χ0n) is 12.2. The van der Waals surface area contributed by atoms with E-state index >= 15 is 0 Å². The minimum absolute atomic E-state index is 0.0439. The molecular formula is C11H18N10O. The Hall–Kier alpha value is -3.37. The Labute approximate surface area is 126 Å². The highest BCUT2D eigenvalue weighted by atomic mass is 16.1. The second kappa shape index (κ2) is 7.42. The summed E-state index contributed by atoms with van der Waals surface area (Å²) in [6, 6.07) is 1.61. The topological polar surface area (TPSA) is 197 Å². The predicted octanol–water partition coefficient (Wildman–Crippen LogP) is -0.822. The van der Waals surface area contributed by atoms with E-state index in [1.54, 1.807) is 20.2 Å². The fourth-order valence-corrected chi connectivity index (χ4v) is 1.42. The smallest absolute Gasteiger partial charge is 0.223 e. The van der Waals surface area contributed by atoms with Gasteiger partial charge >= 0.3 is 0 Å². The van der Waals surface area contributed by atoms with Crippen LogP contribution in [0, 0.1) is 0 Å². The van der Waals surface area contributed by atoms with Crippen molar-refractivity contribution in [3.8, 4) is 0 Å². The van der Waals surface area contributed by atoms with E-state index in [1.807, 2.05) is 0 Å². The second-order valence-electron chi connectivity index (χ2n) is 3.88. The molecule has 0 aliphatic rings. The van der Waals surface area contributed by atoms with Gasteiger partial charge in [-0.2, -0.15) is 19.9 Å². The summed E-state index contributed by atoms with van der Waals surface area (Å²) in [5, 5.41) is 5.48. The number of hydrogen-bond donors (Lipinski definition) is 6. The quantitative estimate of drug-likeness (QED) is 0.387. The van der Waals surface area contributed by atoms with Gasteiger partial charge in [0.15, 0.2) is 6.29 Å². The fraction of sp³-hybridized carbons (Fsp3) is 0.182. The summed E-state index contributed by atoms with van der Waals surface area (Å²) in [7, 11) is 3.36. The van der Waals surface area contributed by atoms with E-state index in [9.17, 15) is 4.79 Å². The lowest BCUT2D eigenvalue weighted by Gasteiger charge is -2.04. The van der Waals surface area contributed by atoms with Gasteiger partial charge in [-0.3, -0.25) is 4.79 Å². The number of hydrogen-bond acceptors (Lipinski definition) is 11. The van der Waals surface area contributed by atoms with E-state index in [0.717, 1.165) is 0 Å². The molecule has 0 saturated heterocycles. The van der Waals surface area contributed by atoms with E-state index in [1.165, 1.54) is 0 Å². The van der Waals surface area contributed by atoms with Crippen LogP contribution in [0.15, 0.2) is 6.07 Å². The molecule has 0 aromatic carbocycles. The van der Waals surface area contributed by atoms with Crippen LogP contribution in [0.25, 0.3) is 0 Å². The maximum absolute atomic E-state index is 10.5. The summed E-state index contributed by atoms with van der Waals surface area (Å²) in [6.45, 7) is 0. The number of anilines is 6. The van der Waals surface area contributed by atoms with Crippen molar-refractivity contribution in [2.24, 2.45) is 0 Å². The number of nitrogens with two attached hydrogens (primary N) is 4. The molecule has 0 radical (unpaired) electrons. The number of carbonyl (C=O) groups is 1. The molecule has 2 aromatic heterocycles. The summed E-state index contributed by atoms with van der Waals surface area (Å²) >= 11 is 0. The van der Waals surface area contributed by atoms with Crippen LogP contribution < -0.4 is 33.6 Å². The molecule has 11 heteroatoms. The first-order valence-electron chi connectivity index (χ1n) is 6.05. The van der Waals surface area contributed by atoms with Crippen LogP contribution >= 0.6 is 0 Å². The number of carbonyl (C=O) groups excluding carboxylic acids is 1. The first kappa shape index (κ1) is 16.7. The number of aromatic nitrogens is 4. The summed E-state index contributed by atoms with van der Waals surface area (Å²) in [5.41, 5.74) is 21.6. The van der Waals surface area contributed by atoms with Gasteiger partial charge in [-0.25, -0.2) is 0 Å². The molecule has 0 aliphatic carbocycles. The highest BCUT2D eigenvalue weighted by Gasteiger charge is 2.08. The molecule has 0 spiro atoms. The van der Waals surface area contributed by atoms with Gasteiger partial charge < -0.3 is 33.6 Å². The summed E-state index contributed by atoms with van der Waals surface area (Å²) in [4.78, 5) is 25.4. The van der Waals surface area contributed by atoms with Crippen LogP contribution in [-0.2, 0) is 0 Å². The molecule has 0 atom stereocenters. The van der Waals surface area contributed by atoms with Crippen molar-refractivity contribution < 1.29 is 4.79 Å². The van der Waals surface area contributed by atoms with Crippen molar-refractivity contribution in [3.05, 3.63) is 11.6 Å². The lowest BCUT2D eigenvalue weighted by molar-refractivity contribution is 0.112. The van der Waals surface area contributed by atoms with Crippen LogP contribution in [0.3, 0.4) is 0 Å². The van der Waals surface area contributed by atoms with Crippen molar-refractivity contribution in [3.63, 3.8) is 0 Å². The zero-order valence-corrected chi connectivity index (χ0v) is 12.2. The van der Waals surface area contributed by atoms with Gasteiger partial charge in [0.25, 0.3) is 0 Å². The number of nitrogen functional groups attached to an aromatic ring is 4. The minimum Gasteiger partial charge on any atom is -0.383 e. The zero-order chi connectivity index (χ0) is 16.7. The monoisotopic (exact) mass is 306 g/mol. The van der Waals surface area contributed by atoms with Crippen LogP contribution in [0.2, 0.25) is 0 Å². The molecule has 0 saturated carbocycles. The highest BCUT2D eigenvalue weighted by Crippen LogP contribution is 2.16. The summed E-state index contributed by atoms with van der Waals surface area (Å²) in [6.07, 6.45) is 0.584. The third kappa shape index (κ3) is 4.33. The van der Waals surface area contributed by atoms with Crippen molar-refractivity contribution in [2.75, 3.05) is 47.7 Å². The van der Waals surface area contributed by atoms with Crippen molar-refractivity contribution in [2.45, 2.75) is 0 Å². The Morgan fingerprint density at radius 2 is 1.59 bits per heavy atom. The lowest BCUT2D eigenvalue weighted by Crippen LogP contribution is -2.08. The van der Waals surface area contributed by atoms with Crippen LogP contribution in [0.4, 0.5) is 35.2 Å². The molecule has 11 nitrogen and oxygen atoms in total. The number of aldehydes is 1. The molecule has 0 fully saturated rings. The molecule has 118 valence electrons. The maximum Gasteiger partial charge on any atom is 0.223 e. The number of rotatable bonds is 3. The average Bonchev–Trinajstić information content (AvgIpc) is 2.46. The van der Waals surface area contributed by atoms with E-state index in [2.05, 4.69) is 30.6 Å². The number of nitrogens with zero attached hydrogens (tertiary/aromatic N) is 4. The normalized spacial score (nSPS) is 9.36. The van der Waals surface area contributed by atoms with Crippen LogP contribution in [-0.4, -0.2) is 40.3 Å². The number of nitrogens with one attached hydrogen (secondary N) is 2. The van der Waals surface area contributed by atoms with Crippen LogP contribution in [0.5, 0.6) is 0 Å². The molecule has 10 N–H and O–H groups in total. The van der Waals surface area contributed by atoms with Gasteiger partial charge in [0.1, 0.15) is 23.3 Å². The Balaban J connectivity index is 0.000000224.